The smallest absolute Gasteiger partial charge is 0.387 e. The molecule has 8 heteroatoms. The van der Waals surface area contributed by atoms with Crippen LogP contribution in [-0.4, -0.2) is 47.8 Å². The Morgan fingerprint density at radius 2 is 1.56 bits per heavy atom. The maximum absolute atomic E-state index is 12.7. The van der Waals surface area contributed by atoms with Gasteiger partial charge in [-0.15, -0.1) is 0 Å². The van der Waals surface area contributed by atoms with Gasteiger partial charge in [0.1, 0.15) is 0 Å². The Morgan fingerprint density at radius 1 is 0.930 bits per heavy atom. The number of hydrogen-bond acceptors (Lipinski definition) is 3. The Kier molecular flexibility index (Phi) is 8.46. The first-order valence-electron chi connectivity index (χ1n) is 16.7. The van der Waals surface area contributed by atoms with E-state index in [0.717, 1.165) is 51.4 Å². The summed E-state index contributed by atoms with van der Waals surface area (Å²) in [6.07, 6.45) is 11.2. The van der Waals surface area contributed by atoms with Crippen molar-refractivity contribution in [3.63, 3.8) is 0 Å². The van der Waals surface area contributed by atoms with Gasteiger partial charge in [0.25, 0.3) is 5.96 Å². The Labute approximate surface area is 260 Å². The number of aliphatic hydroxyl groups excluding tert-OH is 1. The molecule has 0 heterocycles. The molecule has 8 nitrogen and oxygen atoms in total. The zero-order valence-electron chi connectivity index (χ0n) is 28.7. The standard InChI is InChI=1S/C31H50O3.C4H11N5/c1-19-9-16-31(25(33)34)18-17-27(5)21(24(31)20(19)2)10-14-30(8)28(6)13-12-23(32)26(3,4)22(28)11-15-29(27,30)7;1-9(2)4(7)8-3(5)6/h10,19-20,22-24,32H,9,11-18H2,1-8H3,(H,33,34);1-2H3,(H5,5,6,7,8)/t19-,20+,22+,23+,24+,27-,28+,29+,30-,31+;/m1./s1. The molecule has 0 amide bonds. The molecule has 0 aromatic rings. The van der Waals surface area contributed by atoms with E-state index in [0.29, 0.717) is 23.7 Å². The summed E-state index contributed by atoms with van der Waals surface area (Å²) in [5.74, 6) is 1.03. The summed E-state index contributed by atoms with van der Waals surface area (Å²) in [6, 6.07) is 0. The van der Waals surface area contributed by atoms with Gasteiger partial charge < -0.3 is 26.5 Å². The number of carboxylic acids is 1. The van der Waals surface area contributed by atoms with Crippen molar-refractivity contribution in [1.82, 2.24) is 0 Å². The van der Waals surface area contributed by atoms with Crippen LogP contribution < -0.4 is 22.3 Å². The Bertz CT molecular complexity index is 1220. The summed E-state index contributed by atoms with van der Waals surface area (Å²) in [5, 5.41) is 23.7. The molecule has 43 heavy (non-hydrogen) atoms. The van der Waals surface area contributed by atoms with Crippen molar-refractivity contribution < 1.29 is 19.6 Å². The van der Waals surface area contributed by atoms with E-state index in [-0.39, 0.29) is 45.1 Å². The van der Waals surface area contributed by atoms with E-state index in [9.17, 15) is 15.0 Å². The van der Waals surface area contributed by atoms with Crippen LogP contribution in [0.2, 0.25) is 0 Å². The number of nitrogens with zero attached hydrogens (tertiary/aromatic N) is 2. The van der Waals surface area contributed by atoms with Gasteiger partial charge in [0.15, 0.2) is 0 Å². The number of aliphatic carboxylic acids is 1. The second-order valence-electron chi connectivity index (χ2n) is 16.8. The van der Waals surface area contributed by atoms with Gasteiger partial charge in [-0.25, -0.2) is 0 Å². The first-order chi connectivity index (χ1) is 19.7. The van der Waals surface area contributed by atoms with Crippen LogP contribution in [0, 0.1) is 56.2 Å². The van der Waals surface area contributed by atoms with Crippen LogP contribution in [0.4, 0.5) is 0 Å². The summed E-state index contributed by atoms with van der Waals surface area (Å²) in [4.78, 5) is 16.3. The normalized spacial score (nSPS) is 46.2. The third-order valence-corrected chi connectivity index (χ3v) is 15.0. The predicted octanol–water partition coefficient (Wildman–Crippen LogP) is 3.99. The molecular weight excluding hydrogens is 538 g/mol. The SMILES string of the molecule is C[C@H]1[C@H](C)CC[C@]2(C(=O)[O-])CC[C@]3(C)C(=CC[C@@]4(C)[C@@]3(C)CC[C@H]3C(C)(C)[C@@H](O)CC[C@@]34C)[C@H]12.C[N+](C)=C(N)N=C(N)N. The molecule has 7 N–H and O–H groups in total. The van der Waals surface area contributed by atoms with Gasteiger partial charge in [0, 0.05) is 11.4 Å². The van der Waals surface area contributed by atoms with Crippen LogP contribution >= 0.6 is 0 Å². The average molecular weight is 600 g/mol. The largest absolute Gasteiger partial charge is 0.550 e. The number of guanidine groups is 2. The van der Waals surface area contributed by atoms with E-state index in [1.165, 1.54) is 12.0 Å². The molecule has 4 saturated carbocycles. The van der Waals surface area contributed by atoms with E-state index >= 15 is 0 Å². The molecule has 0 spiro atoms. The highest BCUT2D eigenvalue weighted by molar-refractivity contribution is 5.89. The fraction of sp³-hybridized carbons (Fsp3) is 0.857. The minimum absolute atomic E-state index is 0.0170. The maximum Gasteiger partial charge on any atom is 0.387 e. The molecule has 0 aromatic heterocycles. The van der Waals surface area contributed by atoms with Crippen molar-refractivity contribution in [3.8, 4) is 0 Å². The van der Waals surface area contributed by atoms with E-state index in [4.69, 9.17) is 17.2 Å². The zero-order chi connectivity index (χ0) is 32.6. The lowest BCUT2D eigenvalue weighted by atomic mass is 9.29. The lowest BCUT2D eigenvalue weighted by Crippen LogP contribution is -2.70. The van der Waals surface area contributed by atoms with Crippen LogP contribution in [0.3, 0.4) is 0 Å². The van der Waals surface area contributed by atoms with E-state index in [1.54, 1.807) is 18.7 Å². The number of aliphatic imine (C=N–C) groups is 1. The lowest BCUT2D eigenvalue weighted by molar-refractivity contribution is -0.466. The fourth-order valence-corrected chi connectivity index (χ4v) is 11.5. The topological polar surface area (TPSA) is 154 Å². The molecular formula is C35H61N5O3. The third kappa shape index (κ3) is 4.58. The van der Waals surface area contributed by atoms with Crippen LogP contribution in [0.15, 0.2) is 16.6 Å². The van der Waals surface area contributed by atoms with Gasteiger partial charge in [-0.2, -0.15) is 0 Å². The first kappa shape index (κ1) is 33.8. The highest BCUT2D eigenvalue weighted by Crippen LogP contribution is 2.80. The fourth-order valence-electron chi connectivity index (χ4n) is 11.5. The molecule has 0 aliphatic heterocycles. The minimum atomic E-state index is -0.795. The molecule has 5 rings (SSSR count). The molecule has 0 aromatic carbocycles. The summed E-state index contributed by atoms with van der Waals surface area (Å²) >= 11 is 0. The van der Waals surface area contributed by atoms with Crippen molar-refractivity contribution in [3.05, 3.63) is 11.6 Å². The summed E-state index contributed by atoms with van der Waals surface area (Å²) in [5.41, 5.74) is 16.5. The Morgan fingerprint density at radius 3 is 2.09 bits per heavy atom. The average Bonchev–Trinajstić information content (AvgIpc) is 2.90. The molecule has 0 bridgehead atoms. The second kappa shape index (κ2) is 10.8. The van der Waals surface area contributed by atoms with Gasteiger partial charge in [0.05, 0.1) is 20.2 Å². The number of rotatable bonds is 1. The summed E-state index contributed by atoms with van der Waals surface area (Å²) in [7, 11) is 3.50. The molecule has 0 saturated heterocycles. The van der Waals surface area contributed by atoms with E-state index in [1.807, 2.05) is 0 Å². The van der Waals surface area contributed by atoms with Gasteiger partial charge in [0.2, 0.25) is 0 Å². The van der Waals surface area contributed by atoms with E-state index in [2.05, 4.69) is 66.5 Å². The number of fused-ring (bicyclic) bond motifs is 7. The quantitative estimate of drug-likeness (QED) is 0.155. The van der Waals surface area contributed by atoms with Gasteiger partial charge in [-0.1, -0.05) is 67.0 Å². The highest BCUT2D eigenvalue weighted by Gasteiger charge is 2.73. The van der Waals surface area contributed by atoms with Crippen LogP contribution in [0.25, 0.3) is 0 Å². The van der Waals surface area contributed by atoms with Gasteiger partial charge in [-0.05, 0) is 114 Å². The minimum Gasteiger partial charge on any atom is -0.550 e. The number of allylic oxidation sites excluding steroid dienone is 2. The van der Waals surface area contributed by atoms with Crippen molar-refractivity contribution in [2.45, 2.75) is 119 Å². The molecule has 0 unspecified atom stereocenters. The van der Waals surface area contributed by atoms with Gasteiger partial charge >= 0.3 is 5.96 Å². The molecule has 5 aliphatic rings. The lowest BCUT2D eigenvalue weighted by Gasteiger charge is -2.76. The number of aliphatic hydroxyl groups is 1. The van der Waals surface area contributed by atoms with Crippen molar-refractivity contribution in [2.24, 2.45) is 78.4 Å². The molecule has 0 radical (unpaired) electrons. The Balaban J connectivity index is 0.000000410. The van der Waals surface area contributed by atoms with Gasteiger partial charge in [-0.3, -0.25) is 10.3 Å². The predicted molar refractivity (Wildman–Crippen MR) is 172 cm³/mol. The van der Waals surface area contributed by atoms with Crippen LogP contribution in [0.5, 0.6) is 0 Å². The van der Waals surface area contributed by atoms with E-state index < -0.39 is 11.4 Å². The number of carbonyl (C=O) groups excluding carboxylic acids is 1. The molecule has 5 aliphatic carbocycles. The van der Waals surface area contributed by atoms with Crippen molar-refractivity contribution in [1.29, 1.82) is 0 Å². The number of carbonyl (C=O) groups is 1. The maximum atomic E-state index is 12.7. The van der Waals surface area contributed by atoms with Crippen LogP contribution in [0.1, 0.15) is 113 Å². The third-order valence-electron chi connectivity index (χ3n) is 15.0. The highest BCUT2D eigenvalue weighted by atomic mass is 16.4. The number of nitrogens with two attached hydrogens (primary N) is 3. The number of hydrogen-bond donors (Lipinski definition) is 4. The monoisotopic (exact) mass is 599 g/mol. The number of carboxylic acid groups (broad SMARTS) is 1. The zero-order valence-corrected chi connectivity index (χ0v) is 28.7. The summed E-state index contributed by atoms with van der Waals surface area (Å²) in [6.45, 7) is 19.4. The molecule has 244 valence electrons. The van der Waals surface area contributed by atoms with Crippen molar-refractivity contribution in [2.75, 3.05) is 14.1 Å². The summed E-state index contributed by atoms with van der Waals surface area (Å²) < 4.78 is 1.61. The molecule has 10 atom stereocenters. The Hall–Kier alpha value is -2.09. The van der Waals surface area contributed by atoms with Crippen LogP contribution in [-0.2, 0) is 4.79 Å². The van der Waals surface area contributed by atoms with Crippen molar-refractivity contribution >= 4 is 17.9 Å². The first-order valence-corrected chi connectivity index (χ1v) is 16.7. The molecule has 4 fully saturated rings. The second-order valence-corrected chi connectivity index (χ2v) is 16.8.